The molecule has 5 nitrogen and oxygen atoms in total. The number of carbonyl (C=O) groups is 1. The molecule has 0 saturated carbocycles. The molecule has 0 aromatic heterocycles. The van der Waals surface area contributed by atoms with E-state index in [0.717, 1.165) is 0 Å². The molecule has 9 heavy (non-hydrogen) atoms. The molecule has 1 aliphatic heterocycles. The van der Waals surface area contributed by atoms with Gasteiger partial charge in [0.05, 0.1) is 5.71 Å². The van der Waals surface area contributed by atoms with Gasteiger partial charge in [-0.1, -0.05) is 5.18 Å². The Morgan fingerprint density at radius 2 is 2.44 bits per heavy atom. The second kappa shape index (κ2) is 1.93. The van der Waals surface area contributed by atoms with Crippen molar-refractivity contribution in [2.24, 2.45) is 10.3 Å². The summed E-state index contributed by atoms with van der Waals surface area (Å²) in [6.45, 7) is 1.57. The molecule has 1 heterocycles. The first kappa shape index (κ1) is 5.87. The number of amides is 1. The predicted octanol–water partition coefficient (Wildman–Crippen LogP) is -0.373. The van der Waals surface area contributed by atoms with Gasteiger partial charge < -0.3 is 0 Å². The number of hydrogen-bond acceptors (Lipinski definition) is 4. The summed E-state index contributed by atoms with van der Waals surface area (Å²) < 4.78 is 0. The highest BCUT2D eigenvalue weighted by atomic mass is 16.3. The molecule has 1 aliphatic rings. The molecule has 0 radical (unpaired) electrons. The van der Waals surface area contributed by atoms with Crippen molar-refractivity contribution < 1.29 is 4.79 Å². The zero-order valence-electron chi connectivity index (χ0n) is 4.79. The summed E-state index contributed by atoms with van der Waals surface area (Å²) in [6, 6.07) is -0.898. The van der Waals surface area contributed by atoms with Crippen LogP contribution in [0.25, 0.3) is 0 Å². The van der Waals surface area contributed by atoms with Crippen molar-refractivity contribution in [3.8, 4) is 0 Å². The third-order valence-electron chi connectivity index (χ3n) is 1.09. The molecule has 0 aromatic carbocycles. The van der Waals surface area contributed by atoms with Gasteiger partial charge in [-0.05, 0) is 6.92 Å². The van der Waals surface area contributed by atoms with Crippen LogP contribution in [-0.2, 0) is 4.79 Å². The Bertz CT molecular complexity index is 186. The molecular weight excluding hydrogens is 122 g/mol. The van der Waals surface area contributed by atoms with Gasteiger partial charge in [-0.25, -0.2) is 5.43 Å². The number of nitrogens with one attached hydrogen (secondary N) is 1. The molecule has 1 rings (SSSR count). The van der Waals surface area contributed by atoms with E-state index in [1.54, 1.807) is 6.92 Å². The number of nitroso groups, excluding NO2 is 1. The lowest BCUT2D eigenvalue weighted by molar-refractivity contribution is -0.120. The maximum Gasteiger partial charge on any atom is 0.274 e. The molecule has 1 amide bonds. The molecule has 1 unspecified atom stereocenters. The van der Waals surface area contributed by atoms with Gasteiger partial charge in [0.1, 0.15) is 0 Å². The Balaban J connectivity index is 2.79. The summed E-state index contributed by atoms with van der Waals surface area (Å²) in [6.07, 6.45) is 0. The minimum absolute atomic E-state index is 0.426. The Labute approximate surface area is 51.1 Å². The van der Waals surface area contributed by atoms with E-state index < -0.39 is 11.9 Å². The standard InChI is InChI=1S/C4H5N3O2/c1-2-3(7-9)4(8)6-5-2/h3H,1H3,(H,6,8). The lowest BCUT2D eigenvalue weighted by atomic mass is 10.2. The highest BCUT2D eigenvalue weighted by Crippen LogP contribution is 2.00. The van der Waals surface area contributed by atoms with Gasteiger partial charge in [-0.3, -0.25) is 4.79 Å². The topological polar surface area (TPSA) is 70.9 Å². The van der Waals surface area contributed by atoms with Gasteiger partial charge in [-0.2, -0.15) is 5.10 Å². The quantitative estimate of drug-likeness (QED) is 0.488. The molecular formula is C4H5N3O2. The van der Waals surface area contributed by atoms with Crippen LogP contribution in [0.3, 0.4) is 0 Å². The van der Waals surface area contributed by atoms with Crippen molar-refractivity contribution in [1.29, 1.82) is 0 Å². The second-order valence-corrected chi connectivity index (χ2v) is 1.74. The van der Waals surface area contributed by atoms with Crippen LogP contribution in [0.1, 0.15) is 6.92 Å². The maximum absolute atomic E-state index is 10.5. The third kappa shape index (κ3) is 0.802. The van der Waals surface area contributed by atoms with Crippen molar-refractivity contribution in [3.05, 3.63) is 4.91 Å². The van der Waals surface area contributed by atoms with Crippen LogP contribution >= 0.6 is 0 Å². The summed E-state index contributed by atoms with van der Waals surface area (Å²) in [5.74, 6) is -0.442. The van der Waals surface area contributed by atoms with Crippen LogP contribution in [0.15, 0.2) is 10.3 Å². The van der Waals surface area contributed by atoms with Gasteiger partial charge in [0.2, 0.25) is 6.04 Å². The van der Waals surface area contributed by atoms with E-state index >= 15 is 0 Å². The minimum Gasteiger partial charge on any atom is -0.270 e. The van der Waals surface area contributed by atoms with Crippen molar-refractivity contribution in [3.63, 3.8) is 0 Å². The van der Waals surface area contributed by atoms with Crippen LogP contribution in [0.4, 0.5) is 0 Å². The first-order chi connectivity index (χ1) is 4.25. The predicted molar refractivity (Wildman–Crippen MR) is 30.8 cm³/mol. The van der Waals surface area contributed by atoms with Gasteiger partial charge in [0, 0.05) is 0 Å². The summed E-state index contributed by atoms with van der Waals surface area (Å²) in [7, 11) is 0. The maximum atomic E-state index is 10.5. The van der Waals surface area contributed by atoms with Crippen LogP contribution < -0.4 is 5.43 Å². The van der Waals surface area contributed by atoms with E-state index in [9.17, 15) is 9.70 Å². The number of rotatable bonds is 1. The first-order valence-electron chi connectivity index (χ1n) is 2.42. The van der Waals surface area contributed by atoms with Crippen molar-refractivity contribution in [1.82, 2.24) is 5.43 Å². The minimum atomic E-state index is -0.898. The van der Waals surface area contributed by atoms with Gasteiger partial charge in [0.25, 0.3) is 5.91 Å². The Morgan fingerprint density at radius 1 is 1.78 bits per heavy atom. The van der Waals surface area contributed by atoms with Crippen molar-refractivity contribution in [2.75, 3.05) is 0 Å². The van der Waals surface area contributed by atoms with E-state index in [1.165, 1.54) is 0 Å². The number of hydrogen-bond donors (Lipinski definition) is 1. The van der Waals surface area contributed by atoms with E-state index in [1.807, 2.05) is 0 Å². The molecule has 0 saturated heterocycles. The molecule has 0 fully saturated rings. The highest BCUT2D eigenvalue weighted by molar-refractivity contribution is 6.10. The average Bonchev–Trinajstić information content (AvgIpc) is 2.12. The highest BCUT2D eigenvalue weighted by Gasteiger charge is 2.27. The van der Waals surface area contributed by atoms with E-state index in [2.05, 4.69) is 15.7 Å². The fourth-order valence-corrected chi connectivity index (χ4v) is 0.579. The summed E-state index contributed by atoms with van der Waals surface area (Å²) in [5, 5.41) is 6.05. The number of nitrogens with zero attached hydrogens (tertiary/aromatic N) is 2. The van der Waals surface area contributed by atoms with Crippen molar-refractivity contribution in [2.45, 2.75) is 13.0 Å². The van der Waals surface area contributed by atoms with E-state index in [-0.39, 0.29) is 0 Å². The molecule has 1 atom stereocenters. The zero-order valence-corrected chi connectivity index (χ0v) is 4.79. The lowest BCUT2D eigenvalue weighted by Gasteiger charge is -1.90. The third-order valence-corrected chi connectivity index (χ3v) is 1.09. The fraction of sp³-hybridized carbons (Fsp3) is 0.500. The molecule has 48 valence electrons. The Morgan fingerprint density at radius 3 is 2.67 bits per heavy atom. The smallest absolute Gasteiger partial charge is 0.270 e. The number of carbonyl (C=O) groups excluding carboxylic acids is 1. The molecule has 0 aliphatic carbocycles. The van der Waals surface area contributed by atoms with Gasteiger partial charge >= 0.3 is 0 Å². The largest absolute Gasteiger partial charge is 0.274 e. The van der Waals surface area contributed by atoms with Crippen molar-refractivity contribution >= 4 is 11.6 Å². The van der Waals surface area contributed by atoms with Crippen LogP contribution in [0.5, 0.6) is 0 Å². The SMILES string of the molecule is CC1=NNC(=O)C1N=O. The van der Waals surface area contributed by atoms with E-state index in [0.29, 0.717) is 5.71 Å². The summed E-state index contributed by atoms with van der Waals surface area (Å²) in [4.78, 5) is 20.3. The molecule has 0 aromatic rings. The zero-order chi connectivity index (χ0) is 6.85. The summed E-state index contributed by atoms with van der Waals surface area (Å²) >= 11 is 0. The molecule has 1 N–H and O–H groups in total. The lowest BCUT2D eigenvalue weighted by Crippen LogP contribution is -2.25. The van der Waals surface area contributed by atoms with E-state index in [4.69, 9.17) is 0 Å². The average molecular weight is 127 g/mol. The Kier molecular flexibility index (Phi) is 1.26. The monoisotopic (exact) mass is 127 g/mol. The van der Waals surface area contributed by atoms with Gasteiger partial charge in [-0.15, -0.1) is 4.91 Å². The fourth-order valence-electron chi connectivity index (χ4n) is 0.579. The van der Waals surface area contributed by atoms with Crippen LogP contribution in [0.2, 0.25) is 0 Å². The van der Waals surface area contributed by atoms with Crippen LogP contribution in [-0.4, -0.2) is 17.7 Å². The Hall–Kier alpha value is -1.26. The van der Waals surface area contributed by atoms with Gasteiger partial charge in [0.15, 0.2) is 0 Å². The molecule has 0 bridgehead atoms. The molecule has 5 heteroatoms. The first-order valence-corrected chi connectivity index (χ1v) is 2.42. The summed E-state index contributed by atoms with van der Waals surface area (Å²) in [5.41, 5.74) is 2.55. The normalized spacial score (nSPS) is 25.2. The molecule has 0 spiro atoms. The van der Waals surface area contributed by atoms with Crippen LogP contribution in [0, 0.1) is 4.91 Å². The second-order valence-electron chi connectivity index (χ2n) is 1.74. The number of hydrazone groups is 1.